The second kappa shape index (κ2) is 6.48. The Hall–Kier alpha value is -1.94. The van der Waals surface area contributed by atoms with Crippen LogP contribution < -0.4 is 10.1 Å². The van der Waals surface area contributed by atoms with E-state index in [9.17, 15) is 4.39 Å². The molecule has 106 valence electrons. The van der Waals surface area contributed by atoms with Crippen LogP contribution in [0.3, 0.4) is 0 Å². The summed E-state index contributed by atoms with van der Waals surface area (Å²) in [7, 11) is 1.81. The minimum Gasteiger partial charge on any atom is -0.491 e. The maximum absolute atomic E-state index is 13.9. The minimum atomic E-state index is -0.318. The monoisotopic (exact) mass is 274 g/mol. The zero-order chi connectivity index (χ0) is 14.5. The van der Waals surface area contributed by atoms with E-state index in [0.717, 1.165) is 11.3 Å². The predicted octanol–water partition coefficient (Wildman–Crippen LogP) is 3.32. The maximum atomic E-state index is 13.9. The molecule has 1 unspecified atom stereocenters. The van der Waals surface area contributed by atoms with Gasteiger partial charge in [0.05, 0.1) is 18.3 Å². The lowest BCUT2D eigenvalue weighted by molar-refractivity contribution is 0.242. The Balaban J connectivity index is 2.35. The standard InChI is InChI=1S/C16H19FN2O/c1-11(2)20-13-6-4-5-12(9-13)16(18-3)14-7-8-19-10-15(14)17/h4-11,16,18H,1-3H3. The number of halogens is 1. The van der Waals surface area contributed by atoms with Gasteiger partial charge in [-0.05, 0) is 44.7 Å². The van der Waals surface area contributed by atoms with Crippen LogP contribution in [-0.4, -0.2) is 18.1 Å². The zero-order valence-electron chi connectivity index (χ0n) is 11.9. The van der Waals surface area contributed by atoms with Crippen LogP contribution >= 0.6 is 0 Å². The van der Waals surface area contributed by atoms with Crippen molar-refractivity contribution in [1.29, 1.82) is 0 Å². The Labute approximate surface area is 118 Å². The van der Waals surface area contributed by atoms with Gasteiger partial charge in [0.25, 0.3) is 0 Å². The van der Waals surface area contributed by atoms with Crippen LogP contribution in [0.1, 0.15) is 31.0 Å². The van der Waals surface area contributed by atoms with Gasteiger partial charge in [0, 0.05) is 11.8 Å². The van der Waals surface area contributed by atoms with Gasteiger partial charge in [0.15, 0.2) is 0 Å². The molecule has 1 aromatic carbocycles. The third kappa shape index (κ3) is 3.33. The van der Waals surface area contributed by atoms with Gasteiger partial charge >= 0.3 is 0 Å². The van der Waals surface area contributed by atoms with E-state index in [1.165, 1.54) is 6.20 Å². The molecule has 0 bridgehead atoms. The van der Waals surface area contributed by atoms with Crippen LogP contribution in [0.2, 0.25) is 0 Å². The van der Waals surface area contributed by atoms with Crippen molar-refractivity contribution >= 4 is 0 Å². The number of pyridine rings is 1. The summed E-state index contributed by atoms with van der Waals surface area (Å²) in [4.78, 5) is 3.78. The highest BCUT2D eigenvalue weighted by Gasteiger charge is 2.16. The lowest BCUT2D eigenvalue weighted by atomic mass is 9.99. The highest BCUT2D eigenvalue weighted by molar-refractivity contribution is 5.36. The Kier molecular flexibility index (Phi) is 4.69. The SMILES string of the molecule is CNC(c1cccc(OC(C)C)c1)c1ccncc1F. The van der Waals surface area contributed by atoms with Crippen molar-refractivity contribution in [2.75, 3.05) is 7.05 Å². The molecule has 2 aromatic rings. The molecule has 1 N–H and O–H groups in total. The van der Waals surface area contributed by atoms with Crippen molar-refractivity contribution in [2.24, 2.45) is 0 Å². The van der Waals surface area contributed by atoms with Crippen LogP contribution in [-0.2, 0) is 0 Å². The average Bonchev–Trinajstić information content (AvgIpc) is 2.41. The van der Waals surface area contributed by atoms with Gasteiger partial charge < -0.3 is 10.1 Å². The molecule has 0 aliphatic rings. The molecule has 0 fully saturated rings. The number of ether oxygens (including phenoxy) is 1. The number of hydrogen-bond donors (Lipinski definition) is 1. The van der Waals surface area contributed by atoms with E-state index in [1.807, 2.05) is 38.1 Å². The first kappa shape index (κ1) is 14.5. The first-order chi connectivity index (χ1) is 9.61. The molecule has 2 rings (SSSR count). The lowest BCUT2D eigenvalue weighted by Gasteiger charge is -2.19. The maximum Gasteiger partial charge on any atom is 0.146 e. The fourth-order valence-electron chi connectivity index (χ4n) is 2.16. The molecular formula is C16H19FN2O. The van der Waals surface area contributed by atoms with E-state index in [-0.39, 0.29) is 18.0 Å². The molecule has 20 heavy (non-hydrogen) atoms. The summed E-state index contributed by atoms with van der Waals surface area (Å²) in [6.07, 6.45) is 2.93. The topological polar surface area (TPSA) is 34.1 Å². The zero-order valence-corrected chi connectivity index (χ0v) is 11.9. The molecule has 4 heteroatoms. The van der Waals surface area contributed by atoms with Crippen LogP contribution in [0.4, 0.5) is 4.39 Å². The number of rotatable bonds is 5. The van der Waals surface area contributed by atoms with Crippen LogP contribution in [0.25, 0.3) is 0 Å². The number of hydrogen-bond acceptors (Lipinski definition) is 3. The molecule has 0 saturated heterocycles. The van der Waals surface area contributed by atoms with Crippen molar-refractivity contribution in [2.45, 2.75) is 26.0 Å². The van der Waals surface area contributed by atoms with E-state index in [4.69, 9.17) is 4.74 Å². The van der Waals surface area contributed by atoms with E-state index in [2.05, 4.69) is 10.3 Å². The van der Waals surface area contributed by atoms with Crippen LogP contribution in [0.15, 0.2) is 42.7 Å². The van der Waals surface area contributed by atoms with Crippen molar-refractivity contribution < 1.29 is 9.13 Å². The molecule has 1 aromatic heterocycles. The number of aromatic nitrogens is 1. The summed E-state index contributed by atoms with van der Waals surface area (Å²) in [5.41, 5.74) is 1.53. The fourth-order valence-corrected chi connectivity index (χ4v) is 2.16. The van der Waals surface area contributed by atoms with Crippen LogP contribution in [0.5, 0.6) is 5.75 Å². The van der Waals surface area contributed by atoms with Gasteiger partial charge in [0.2, 0.25) is 0 Å². The number of nitrogens with zero attached hydrogens (tertiary/aromatic N) is 1. The highest BCUT2D eigenvalue weighted by atomic mass is 19.1. The summed E-state index contributed by atoms with van der Waals surface area (Å²) in [6.45, 7) is 3.95. The normalized spacial score (nSPS) is 12.4. The first-order valence-corrected chi connectivity index (χ1v) is 6.65. The third-order valence-corrected chi connectivity index (χ3v) is 2.97. The van der Waals surface area contributed by atoms with E-state index >= 15 is 0 Å². The quantitative estimate of drug-likeness (QED) is 0.908. The van der Waals surface area contributed by atoms with Gasteiger partial charge in [-0.3, -0.25) is 4.98 Å². The van der Waals surface area contributed by atoms with Gasteiger partial charge in [-0.15, -0.1) is 0 Å². The molecule has 0 aliphatic carbocycles. The largest absolute Gasteiger partial charge is 0.491 e. The van der Waals surface area contributed by atoms with Gasteiger partial charge in [0.1, 0.15) is 11.6 Å². The average molecular weight is 274 g/mol. The number of benzene rings is 1. The van der Waals surface area contributed by atoms with Crippen molar-refractivity contribution in [1.82, 2.24) is 10.3 Å². The van der Waals surface area contributed by atoms with Crippen molar-refractivity contribution in [3.63, 3.8) is 0 Å². The van der Waals surface area contributed by atoms with E-state index in [1.54, 1.807) is 19.3 Å². The second-order valence-corrected chi connectivity index (χ2v) is 4.86. The molecule has 0 radical (unpaired) electrons. The highest BCUT2D eigenvalue weighted by Crippen LogP contribution is 2.26. The minimum absolute atomic E-state index is 0.107. The summed E-state index contributed by atoms with van der Waals surface area (Å²) in [5, 5.41) is 3.13. The molecule has 0 aliphatic heterocycles. The van der Waals surface area contributed by atoms with E-state index < -0.39 is 0 Å². The van der Waals surface area contributed by atoms with E-state index in [0.29, 0.717) is 5.56 Å². The van der Waals surface area contributed by atoms with Gasteiger partial charge in [-0.25, -0.2) is 4.39 Å². The molecule has 0 amide bonds. The smallest absolute Gasteiger partial charge is 0.146 e. The summed E-state index contributed by atoms with van der Waals surface area (Å²) >= 11 is 0. The van der Waals surface area contributed by atoms with Crippen molar-refractivity contribution in [3.05, 3.63) is 59.7 Å². The van der Waals surface area contributed by atoms with Crippen LogP contribution in [0, 0.1) is 5.82 Å². The molecular weight excluding hydrogens is 255 g/mol. The van der Waals surface area contributed by atoms with Gasteiger partial charge in [-0.1, -0.05) is 12.1 Å². The summed E-state index contributed by atoms with van der Waals surface area (Å²) in [6, 6.07) is 9.16. The Morgan fingerprint density at radius 1 is 1.25 bits per heavy atom. The summed E-state index contributed by atoms with van der Waals surface area (Å²) in [5.74, 6) is 0.467. The van der Waals surface area contributed by atoms with Crippen molar-refractivity contribution in [3.8, 4) is 5.75 Å². The second-order valence-electron chi connectivity index (χ2n) is 4.86. The summed E-state index contributed by atoms with van der Waals surface area (Å²) < 4.78 is 19.6. The fraction of sp³-hybridized carbons (Fsp3) is 0.312. The van der Waals surface area contributed by atoms with Gasteiger partial charge in [-0.2, -0.15) is 0 Å². The molecule has 0 spiro atoms. The Bertz CT molecular complexity index is 572. The molecule has 3 nitrogen and oxygen atoms in total. The Morgan fingerprint density at radius 2 is 2.05 bits per heavy atom. The lowest BCUT2D eigenvalue weighted by Crippen LogP contribution is -2.19. The Morgan fingerprint density at radius 3 is 2.70 bits per heavy atom. The molecule has 0 saturated carbocycles. The number of nitrogens with one attached hydrogen (secondary N) is 1. The predicted molar refractivity (Wildman–Crippen MR) is 77.3 cm³/mol. The third-order valence-electron chi connectivity index (χ3n) is 2.97. The molecule has 1 heterocycles. The molecule has 1 atom stereocenters. The first-order valence-electron chi connectivity index (χ1n) is 6.65.